The molecule has 1 aromatic rings. The van der Waals surface area contributed by atoms with E-state index in [0.29, 0.717) is 26.2 Å². The standard InChI is InChI=1S/C13H18N4O5S.ClH/c1-23(21,22)10-2-3-11(12(6-10)17(19)20)15-4-5-16-13(18)9-7-14-8-9;/h2-3,6,9,14-15H,4-5,7-8H2,1H3,(H,16,18);1H. The summed E-state index contributed by atoms with van der Waals surface area (Å²) in [6.45, 7) is 1.95. The van der Waals surface area contributed by atoms with Gasteiger partial charge in [0, 0.05) is 38.5 Å². The van der Waals surface area contributed by atoms with Crippen molar-refractivity contribution in [2.75, 3.05) is 37.8 Å². The highest BCUT2D eigenvalue weighted by molar-refractivity contribution is 7.90. The van der Waals surface area contributed by atoms with Gasteiger partial charge >= 0.3 is 0 Å². The molecule has 3 N–H and O–H groups in total. The zero-order valence-electron chi connectivity index (χ0n) is 12.9. The molecular formula is C13H19ClN4O5S. The first-order chi connectivity index (χ1) is 10.8. The topological polar surface area (TPSA) is 130 Å². The van der Waals surface area contributed by atoms with Gasteiger partial charge in [0.15, 0.2) is 9.84 Å². The van der Waals surface area contributed by atoms with Gasteiger partial charge in [-0.1, -0.05) is 0 Å². The molecular weight excluding hydrogens is 360 g/mol. The van der Waals surface area contributed by atoms with Crippen LogP contribution in [0, 0.1) is 16.0 Å². The van der Waals surface area contributed by atoms with Gasteiger partial charge in [0.05, 0.1) is 15.7 Å². The molecule has 0 aromatic heterocycles. The number of sulfone groups is 1. The normalized spacial score (nSPS) is 14.2. The quantitative estimate of drug-likeness (QED) is 0.350. The first kappa shape index (κ1) is 20.1. The van der Waals surface area contributed by atoms with E-state index in [-0.39, 0.29) is 40.5 Å². The summed E-state index contributed by atoms with van der Waals surface area (Å²) in [5.74, 6) is -0.0640. The van der Waals surface area contributed by atoms with Crippen LogP contribution in [0.5, 0.6) is 0 Å². The zero-order valence-corrected chi connectivity index (χ0v) is 14.6. The van der Waals surface area contributed by atoms with E-state index in [4.69, 9.17) is 0 Å². The summed E-state index contributed by atoms with van der Waals surface area (Å²) in [4.78, 5) is 21.9. The van der Waals surface area contributed by atoms with Gasteiger partial charge in [-0.05, 0) is 12.1 Å². The van der Waals surface area contributed by atoms with E-state index in [0.717, 1.165) is 12.3 Å². The molecule has 1 aliphatic rings. The Bertz CT molecular complexity index is 721. The van der Waals surface area contributed by atoms with Crippen molar-refractivity contribution in [1.82, 2.24) is 10.6 Å². The second-order valence-corrected chi connectivity index (χ2v) is 7.30. The number of halogens is 1. The second-order valence-electron chi connectivity index (χ2n) is 5.28. The minimum atomic E-state index is -3.51. The average molecular weight is 379 g/mol. The van der Waals surface area contributed by atoms with E-state index < -0.39 is 14.8 Å². The van der Waals surface area contributed by atoms with E-state index in [2.05, 4.69) is 16.0 Å². The highest BCUT2D eigenvalue weighted by atomic mass is 35.5. The maximum atomic E-state index is 11.6. The highest BCUT2D eigenvalue weighted by Gasteiger charge is 2.24. The predicted molar refractivity (Wildman–Crippen MR) is 91.3 cm³/mol. The van der Waals surface area contributed by atoms with Crippen molar-refractivity contribution in [3.8, 4) is 0 Å². The van der Waals surface area contributed by atoms with Crippen LogP contribution in [0.2, 0.25) is 0 Å². The Labute approximate surface area is 145 Å². The number of anilines is 1. The molecule has 1 aromatic carbocycles. The molecule has 11 heteroatoms. The van der Waals surface area contributed by atoms with Crippen LogP contribution in [0.1, 0.15) is 0 Å². The van der Waals surface area contributed by atoms with Gasteiger partial charge in [0.1, 0.15) is 5.69 Å². The highest BCUT2D eigenvalue weighted by Crippen LogP contribution is 2.27. The molecule has 0 aliphatic carbocycles. The minimum Gasteiger partial charge on any atom is -0.378 e. The Morgan fingerprint density at radius 1 is 1.38 bits per heavy atom. The molecule has 134 valence electrons. The number of nitro groups is 1. The molecule has 0 saturated carbocycles. The van der Waals surface area contributed by atoms with Gasteiger partial charge in [-0.2, -0.15) is 0 Å². The van der Waals surface area contributed by atoms with Crippen LogP contribution in [-0.4, -0.2) is 51.7 Å². The van der Waals surface area contributed by atoms with Gasteiger partial charge < -0.3 is 16.0 Å². The maximum Gasteiger partial charge on any atom is 0.293 e. The molecule has 24 heavy (non-hydrogen) atoms. The molecule has 0 bridgehead atoms. The van der Waals surface area contributed by atoms with Crippen LogP contribution >= 0.6 is 12.4 Å². The van der Waals surface area contributed by atoms with Crippen LogP contribution in [0.3, 0.4) is 0 Å². The molecule has 1 heterocycles. The van der Waals surface area contributed by atoms with Crippen LogP contribution in [0.4, 0.5) is 11.4 Å². The Kier molecular flexibility index (Phi) is 6.93. The number of nitro benzene ring substituents is 1. The third kappa shape index (κ3) is 5.05. The number of hydrogen-bond acceptors (Lipinski definition) is 7. The van der Waals surface area contributed by atoms with Gasteiger partial charge in [0.2, 0.25) is 5.91 Å². The van der Waals surface area contributed by atoms with Crippen molar-refractivity contribution in [2.24, 2.45) is 5.92 Å². The smallest absolute Gasteiger partial charge is 0.293 e. The first-order valence-electron chi connectivity index (χ1n) is 7.00. The van der Waals surface area contributed by atoms with Crippen LogP contribution in [0.25, 0.3) is 0 Å². The molecule has 0 spiro atoms. The van der Waals surface area contributed by atoms with Crippen molar-refractivity contribution >= 4 is 39.5 Å². The summed E-state index contributed by atoms with van der Waals surface area (Å²) in [5.41, 5.74) is -0.107. The van der Waals surface area contributed by atoms with Crippen LogP contribution in [0.15, 0.2) is 23.1 Å². The monoisotopic (exact) mass is 378 g/mol. The van der Waals surface area contributed by atoms with Crippen molar-refractivity contribution < 1.29 is 18.1 Å². The third-order valence-corrected chi connectivity index (χ3v) is 4.60. The zero-order chi connectivity index (χ0) is 17.0. The summed E-state index contributed by atoms with van der Waals surface area (Å²) in [6.07, 6.45) is 0.990. The van der Waals surface area contributed by atoms with Gasteiger partial charge in [-0.25, -0.2) is 8.42 Å². The number of hydrogen-bond donors (Lipinski definition) is 3. The SMILES string of the molecule is CS(=O)(=O)c1ccc(NCCNC(=O)C2CNC2)c([N+](=O)[O-])c1.Cl. The molecule has 1 aliphatic heterocycles. The molecule has 9 nitrogen and oxygen atoms in total. The van der Waals surface area contributed by atoms with E-state index >= 15 is 0 Å². The van der Waals surface area contributed by atoms with Crippen molar-refractivity contribution in [3.63, 3.8) is 0 Å². The lowest BCUT2D eigenvalue weighted by molar-refractivity contribution is -0.384. The summed E-state index contributed by atoms with van der Waals surface area (Å²) in [6, 6.07) is 3.69. The number of rotatable bonds is 7. The van der Waals surface area contributed by atoms with Gasteiger partial charge in [0.25, 0.3) is 5.69 Å². The first-order valence-corrected chi connectivity index (χ1v) is 8.89. The van der Waals surface area contributed by atoms with Crippen LogP contribution < -0.4 is 16.0 Å². The fourth-order valence-corrected chi connectivity index (χ4v) is 2.68. The Morgan fingerprint density at radius 2 is 2.04 bits per heavy atom. The molecule has 0 unspecified atom stereocenters. The molecule has 0 radical (unpaired) electrons. The maximum absolute atomic E-state index is 11.6. The van der Waals surface area contributed by atoms with Crippen molar-refractivity contribution in [2.45, 2.75) is 4.90 Å². The van der Waals surface area contributed by atoms with E-state index in [9.17, 15) is 23.3 Å². The van der Waals surface area contributed by atoms with E-state index in [1.54, 1.807) is 0 Å². The third-order valence-electron chi connectivity index (χ3n) is 3.49. The molecule has 1 saturated heterocycles. The number of amides is 1. The number of carbonyl (C=O) groups is 1. The predicted octanol–water partition coefficient (Wildman–Crippen LogP) is 0.168. The van der Waals surface area contributed by atoms with Gasteiger partial charge in [-0.15, -0.1) is 12.4 Å². The largest absolute Gasteiger partial charge is 0.378 e. The lowest BCUT2D eigenvalue weighted by Crippen LogP contribution is -2.51. The Balaban J connectivity index is 0.00000288. The van der Waals surface area contributed by atoms with Gasteiger partial charge in [-0.3, -0.25) is 14.9 Å². The fraction of sp³-hybridized carbons (Fsp3) is 0.462. The average Bonchev–Trinajstić information content (AvgIpc) is 2.40. The summed E-state index contributed by atoms with van der Waals surface area (Å²) in [7, 11) is -3.51. The van der Waals surface area contributed by atoms with Crippen LogP contribution in [-0.2, 0) is 14.6 Å². The Morgan fingerprint density at radius 3 is 2.54 bits per heavy atom. The fourth-order valence-electron chi connectivity index (χ4n) is 2.04. The molecule has 1 amide bonds. The second kappa shape index (κ2) is 8.27. The molecule has 0 atom stereocenters. The van der Waals surface area contributed by atoms with E-state index in [1.165, 1.54) is 12.1 Å². The van der Waals surface area contributed by atoms with Crippen molar-refractivity contribution in [1.29, 1.82) is 0 Å². The lowest BCUT2D eigenvalue weighted by atomic mass is 10.0. The molecule has 1 fully saturated rings. The summed E-state index contributed by atoms with van der Waals surface area (Å²) >= 11 is 0. The van der Waals surface area contributed by atoms with E-state index in [1.807, 2.05) is 0 Å². The minimum absolute atomic E-state index is 0. The lowest BCUT2D eigenvalue weighted by Gasteiger charge is -2.25. The molecule has 2 rings (SSSR count). The summed E-state index contributed by atoms with van der Waals surface area (Å²) in [5, 5.41) is 19.6. The number of nitrogens with one attached hydrogen (secondary N) is 3. The number of carbonyl (C=O) groups excluding carboxylic acids is 1. The number of nitrogens with zero attached hydrogens (tertiary/aromatic N) is 1. The summed E-state index contributed by atoms with van der Waals surface area (Å²) < 4.78 is 22.9. The number of benzene rings is 1. The Hall–Kier alpha value is -1.91. The van der Waals surface area contributed by atoms with Crippen molar-refractivity contribution in [3.05, 3.63) is 28.3 Å².